The molecule has 0 aromatic heterocycles. The Balaban J connectivity index is 2.27. The van der Waals surface area contributed by atoms with Crippen LogP contribution < -0.4 is 0 Å². The zero-order valence-corrected chi connectivity index (χ0v) is 10.0. The molecule has 2 nitrogen and oxygen atoms in total. The van der Waals surface area contributed by atoms with Crippen molar-refractivity contribution in [3.05, 3.63) is 34.9 Å². The molecule has 3 heteroatoms. The highest BCUT2D eigenvalue weighted by atomic mass is 35.5. The van der Waals surface area contributed by atoms with Gasteiger partial charge < -0.3 is 4.74 Å². The van der Waals surface area contributed by atoms with E-state index in [4.69, 9.17) is 16.3 Å². The summed E-state index contributed by atoms with van der Waals surface area (Å²) in [5.74, 6) is 0.0780. The zero-order valence-electron chi connectivity index (χ0n) is 9.28. The molecular weight excluding hydrogens is 224 g/mol. The first kappa shape index (κ1) is 11.6. The molecule has 0 amide bonds. The van der Waals surface area contributed by atoms with Gasteiger partial charge >= 0.3 is 0 Å². The molecule has 2 rings (SSSR count). The Morgan fingerprint density at radius 3 is 2.75 bits per heavy atom. The Bertz CT molecular complexity index is 389. The van der Waals surface area contributed by atoms with Gasteiger partial charge in [-0.15, -0.1) is 0 Å². The van der Waals surface area contributed by atoms with Crippen LogP contribution in [0.2, 0.25) is 5.02 Å². The SMILES string of the molecule is CO[C@@H]1CCC[C@@H](c2ccccc2Cl)C1=O. The molecule has 0 heterocycles. The molecule has 0 aliphatic heterocycles. The molecule has 1 aromatic carbocycles. The standard InChI is InChI=1S/C13H15ClO2/c1-16-12-8-4-6-10(13(12)15)9-5-2-3-7-11(9)14/h2-3,5,7,10,12H,4,6,8H2,1H3/t10-,12+/m0/s1. The number of benzene rings is 1. The first-order chi connectivity index (χ1) is 7.74. The van der Waals surface area contributed by atoms with Crippen LogP contribution in [-0.2, 0) is 9.53 Å². The lowest BCUT2D eigenvalue weighted by atomic mass is 9.81. The van der Waals surface area contributed by atoms with Crippen LogP contribution in [-0.4, -0.2) is 19.0 Å². The summed E-state index contributed by atoms with van der Waals surface area (Å²) < 4.78 is 5.20. The van der Waals surface area contributed by atoms with Gasteiger partial charge in [-0.2, -0.15) is 0 Å². The van der Waals surface area contributed by atoms with E-state index in [9.17, 15) is 4.79 Å². The van der Waals surface area contributed by atoms with Gasteiger partial charge in [-0.25, -0.2) is 0 Å². The fraction of sp³-hybridized carbons (Fsp3) is 0.462. The van der Waals surface area contributed by atoms with Crippen LogP contribution in [0.15, 0.2) is 24.3 Å². The number of methoxy groups -OCH3 is 1. The van der Waals surface area contributed by atoms with Crippen molar-refractivity contribution in [1.29, 1.82) is 0 Å². The van der Waals surface area contributed by atoms with E-state index in [1.54, 1.807) is 7.11 Å². The summed E-state index contributed by atoms with van der Waals surface area (Å²) in [6.07, 6.45) is 2.47. The molecule has 1 saturated carbocycles. The van der Waals surface area contributed by atoms with Crippen molar-refractivity contribution in [1.82, 2.24) is 0 Å². The Hall–Kier alpha value is -0.860. The van der Waals surface area contributed by atoms with Crippen molar-refractivity contribution < 1.29 is 9.53 Å². The van der Waals surface area contributed by atoms with Crippen molar-refractivity contribution in [3.8, 4) is 0 Å². The number of ether oxygens (including phenoxy) is 1. The zero-order chi connectivity index (χ0) is 11.5. The maximum Gasteiger partial charge on any atom is 0.169 e. The molecule has 0 radical (unpaired) electrons. The lowest BCUT2D eigenvalue weighted by Gasteiger charge is -2.27. The maximum atomic E-state index is 12.1. The van der Waals surface area contributed by atoms with Gasteiger partial charge in [0.15, 0.2) is 5.78 Å². The summed E-state index contributed by atoms with van der Waals surface area (Å²) >= 11 is 6.12. The number of carbonyl (C=O) groups is 1. The third kappa shape index (κ3) is 2.13. The van der Waals surface area contributed by atoms with Gasteiger partial charge in [0.1, 0.15) is 6.10 Å². The van der Waals surface area contributed by atoms with Crippen molar-refractivity contribution in [2.45, 2.75) is 31.3 Å². The van der Waals surface area contributed by atoms with Crippen LogP contribution in [0, 0.1) is 0 Å². The monoisotopic (exact) mass is 238 g/mol. The Labute approximate surface area is 101 Å². The summed E-state index contributed by atoms with van der Waals surface area (Å²) in [6, 6.07) is 7.57. The summed E-state index contributed by atoms with van der Waals surface area (Å²) in [4.78, 5) is 12.1. The fourth-order valence-electron chi connectivity index (χ4n) is 2.32. The smallest absolute Gasteiger partial charge is 0.169 e. The second-order valence-electron chi connectivity index (χ2n) is 4.13. The van der Waals surface area contributed by atoms with E-state index >= 15 is 0 Å². The van der Waals surface area contributed by atoms with Crippen LogP contribution >= 0.6 is 11.6 Å². The van der Waals surface area contributed by atoms with Crippen LogP contribution in [0.1, 0.15) is 30.7 Å². The van der Waals surface area contributed by atoms with E-state index in [-0.39, 0.29) is 17.8 Å². The summed E-state index contributed by atoms with van der Waals surface area (Å²) in [5.41, 5.74) is 0.941. The first-order valence-electron chi connectivity index (χ1n) is 5.55. The highest BCUT2D eigenvalue weighted by molar-refractivity contribution is 6.31. The lowest BCUT2D eigenvalue weighted by Crippen LogP contribution is -2.32. The predicted octanol–water partition coefficient (Wildman–Crippen LogP) is 3.19. The van der Waals surface area contributed by atoms with Gasteiger partial charge in [0.05, 0.1) is 0 Å². The van der Waals surface area contributed by atoms with E-state index < -0.39 is 0 Å². The molecular formula is C13H15ClO2. The predicted molar refractivity (Wildman–Crippen MR) is 63.8 cm³/mol. The van der Waals surface area contributed by atoms with E-state index in [0.717, 1.165) is 24.8 Å². The number of halogens is 1. The summed E-state index contributed by atoms with van der Waals surface area (Å²) in [6.45, 7) is 0. The molecule has 2 atom stereocenters. The van der Waals surface area contributed by atoms with E-state index in [1.165, 1.54) is 0 Å². The minimum Gasteiger partial charge on any atom is -0.374 e. The second-order valence-corrected chi connectivity index (χ2v) is 4.54. The third-order valence-corrected chi connectivity index (χ3v) is 3.53. The molecule has 16 heavy (non-hydrogen) atoms. The van der Waals surface area contributed by atoms with E-state index in [1.807, 2.05) is 24.3 Å². The van der Waals surface area contributed by atoms with Crippen molar-refractivity contribution in [2.24, 2.45) is 0 Å². The van der Waals surface area contributed by atoms with Gasteiger partial charge in [0, 0.05) is 18.1 Å². The Kier molecular flexibility index (Phi) is 3.62. The van der Waals surface area contributed by atoms with Gasteiger partial charge in [-0.05, 0) is 30.9 Å². The summed E-state index contributed by atoms with van der Waals surface area (Å²) in [5, 5.41) is 0.678. The van der Waals surface area contributed by atoms with Crippen molar-refractivity contribution >= 4 is 17.4 Å². The number of rotatable bonds is 2. The topological polar surface area (TPSA) is 26.3 Å². The largest absolute Gasteiger partial charge is 0.374 e. The maximum absolute atomic E-state index is 12.1. The summed E-state index contributed by atoms with van der Waals surface area (Å²) in [7, 11) is 1.59. The molecule has 0 bridgehead atoms. The highest BCUT2D eigenvalue weighted by Gasteiger charge is 2.32. The number of ketones is 1. The lowest BCUT2D eigenvalue weighted by molar-refractivity contribution is -0.133. The number of carbonyl (C=O) groups excluding carboxylic acids is 1. The molecule has 0 unspecified atom stereocenters. The molecule has 0 spiro atoms. The first-order valence-corrected chi connectivity index (χ1v) is 5.92. The average molecular weight is 239 g/mol. The Morgan fingerprint density at radius 1 is 1.31 bits per heavy atom. The molecule has 1 fully saturated rings. The quantitative estimate of drug-likeness (QED) is 0.791. The van der Waals surface area contributed by atoms with Crippen LogP contribution in [0.3, 0.4) is 0 Å². The van der Waals surface area contributed by atoms with Crippen molar-refractivity contribution in [3.63, 3.8) is 0 Å². The average Bonchev–Trinajstić information content (AvgIpc) is 2.31. The molecule has 1 aromatic rings. The minimum atomic E-state index is -0.255. The van der Waals surface area contributed by atoms with Gasteiger partial charge in [0.25, 0.3) is 0 Å². The highest BCUT2D eigenvalue weighted by Crippen LogP contribution is 2.34. The van der Waals surface area contributed by atoms with Gasteiger partial charge in [-0.1, -0.05) is 29.8 Å². The number of hydrogen-bond donors (Lipinski definition) is 0. The van der Waals surface area contributed by atoms with Crippen LogP contribution in [0.4, 0.5) is 0 Å². The molecule has 0 N–H and O–H groups in total. The fourth-order valence-corrected chi connectivity index (χ4v) is 2.58. The van der Waals surface area contributed by atoms with Gasteiger partial charge in [-0.3, -0.25) is 4.79 Å². The van der Waals surface area contributed by atoms with E-state index in [0.29, 0.717) is 5.02 Å². The third-order valence-electron chi connectivity index (χ3n) is 3.19. The Morgan fingerprint density at radius 2 is 2.06 bits per heavy atom. The molecule has 86 valence electrons. The normalized spacial score (nSPS) is 25.8. The van der Waals surface area contributed by atoms with Crippen molar-refractivity contribution in [2.75, 3.05) is 7.11 Å². The molecule has 0 saturated heterocycles. The minimum absolute atomic E-state index is 0.0904. The van der Waals surface area contributed by atoms with E-state index in [2.05, 4.69) is 0 Å². The van der Waals surface area contributed by atoms with Gasteiger partial charge in [0.2, 0.25) is 0 Å². The molecule has 1 aliphatic rings. The number of Topliss-reactive ketones (excluding diaryl/α,β-unsaturated/α-hetero) is 1. The van der Waals surface area contributed by atoms with Crippen LogP contribution in [0.25, 0.3) is 0 Å². The van der Waals surface area contributed by atoms with Crippen LogP contribution in [0.5, 0.6) is 0 Å². The molecule has 1 aliphatic carbocycles. The second kappa shape index (κ2) is 4.98. The number of hydrogen-bond acceptors (Lipinski definition) is 2.